The van der Waals surface area contributed by atoms with Gasteiger partial charge in [-0.05, 0) is 19.1 Å². The molecular formula is C25H23N5O5S. The number of thioether (sulfide) groups is 1. The minimum atomic E-state index is -0.553. The van der Waals surface area contributed by atoms with E-state index in [2.05, 4.69) is 15.3 Å². The number of hydrogen-bond donors (Lipinski definition) is 1. The third kappa shape index (κ3) is 4.91. The van der Waals surface area contributed by atoms with E-state index in [1.165, 1.54) is 18.7 Å². The van der Waals surface area contributed by atoms with Crippen LogP contribution in [0.2, 0.25) is 0 Å². The number of aromatic nitrogens is 4. The predicted molar refractivity (Wildman–Crippen MR) is 137 cm³/mol. The van der Waals surface area contributed by atoms with Crippen LogP contribution in [0, 0.1) is 0 Å². The van der Waals surface area contributed by atoms with E-state index in [0.29, 0.717) is 17.1 Å². The van der Waals surface area contributed by atoms with Crippen molar-refractivity contribution in [1.29, 1.82) is 0 Å². The number of hydrogen-bond acceptors (Lipinski definition) is 8. The molecule has 0 bridgehead atoms. The summed E-state index contributed by atoms with van der Waals surface area (Å²) in [5.41, 5.74) is 0.352. The molecule has 2 aromatic heterocycles. The van der Waals surface area contributed by atoms with Crippen LogP contribution in [-0.2, 0) is 23.6 Å². The van der Waals surface area contributed by atoms with Gasteiger partial charge in [-0.15, -0.1) is 0 Å². The molecule has 0 fully saturated rings. The molecule has 2 heterocycles. The Morgan fingerprint density at radius 2 is 1.67 bits per heavy atom. The summed E-state index contributed by atoms with van der Waals surface area (Å²) in [7, 11) is 2.90. The number of para-hydroxylation sites is 1. The number of fused-ring (bicyclic) bond motifs is 1. The van der Waals surface area contributed by atoms with Gasteiger partial charge in [-0.25, -0.2) is 19.6 Å². The molecule has 4 aromatic rings. The van der Waals surface area contributed by atoms with Crippen LogP contribution < -0.4 is 16.6 Å². The Morgan fingerprint density at radius 3 is 2.39 bits per heavy atom. The SMILES string of the molecule is CCOC(=O)c1ccccc1NC(=O)CSc1nc(-c2ccccc2)nc2c1c(=O)n(C)c(=O)n2C. The minimum absolute atomic E-state index is 0.108. The average Bonchev–Trinajstić information content (AvgIpc) is 2.90. The van der Waals surface area contributed by atoms with Crippen molar-refractivity contribution < 1.29 is 14.3 Å². The molecule has 0 radical (unpaired) electrons. The number of amides is 1. The fourth-order valence-electron chi connectivity index (χ4n) is 3.55. The van der Waals surface area contributed by atoms with Crippen molar-refractivity contribution >= 4 is 40.4 Å². The zero-order valence-electron chi connectivity index (χ0n) is 19.8. The lowest BCUT2D eigenvalue weighted by Crippen LogP contribution is -2.37. The molecule has 0 aliphatic rings. The van der Waals surface area contributed by atoms with Gasteiger partial charge in [0.05, 0.1) is 23.6 Å². The standard InChI is InChI=1S/C25H23N5O5S/c1-4-35-24(33)16-12-8-9-13-17(16)26-18(31)14-36-22-19-21(29(2)25(34)30(3)23(19)32)27-20(28-22)15-10-6-5-7-11-15/h5-13H,4,14H2,1-3H3,(H,26,31). The van der Waals surface area contributed by atoms with Crippen molar-refractivity contribution in [3.8, 4) is 11.4 Å². The molecule has 2 aromatic carbocycles. The molecule has 36 heavy (non-hydrogen) atoms. The fourth-order valence-corrected chi connectivity index (χ4v) is 4.36. The monoisotopic (exact) mass is 505 g/mol. The van der Waals surface area contributed by atoms with E-state index in [1.807, 2.05) is 30.3 Å². The lowest BCUT2D eigenvalue weighted by molar-refractivity contribution is -0.113. The van der Waals surface area contributed by atoms with Crippen LogP contribution in [0.25, 0.3) is 22.4 Å². The van der Waals surface area contributed by atoms with Crippen molar-refractivity contribution in [3.63, 3.8) is 0 Å². The van der Waals surface area contributed by atoms with E-state index in [4.69, 9.17) is 4.74 Å². The average molecular weight is 506 g/mol. The largest absolute Gasteiger partial charge is 0.462 e. The maximum atomic E-state index is 13.0. The third-order valence-electron chi connectivity index (χ3n) is 5.34. The number of ether oxygens (including phenoxy) is 1. The van der Waals surface area contributed by atoms with Gasteiger partial charge in [-0.2, -0.15) is 0 Å². The molecule has 0 aliphatic heterocycles. The van der Waals surface area contributed by atoms with Gasteiger partial charge >= 0.3 is 11.7 Å². The van der Waals surface area contributed by atoms with E-state index >= 15 is 0 Å². The van der Waals surface area contributed by atoms with Crippen LogP contribution in [0.4, 0.5) is 5.69 Å². The number of benzene rings is 2. The van der Waals surface area contributed by atoms with Crippen molar-refractivity contribution in [2.45, 2.75) is 11.9 Å². The molecule has 184 valence electrons. The molecule has 0 atom stereocenters. The lowest BCUT2D eigenvalue weighted by atomic mass is 10.2. The Hall–Kier alpha value is -4.25. The second-order valence-electron chi connectivity index (χ2n) is 7.73. The van der Waals surface area contributed by atoms with Crippen LogP contribution in [0.1, 0.15) is 17.3 Å². The molecular weight excluding hydrogens is 482 g/mol. The molecule has 0 unspecified atom stereocenters. The fraction of sp³-hybridized carbons (Fsp3) is 0.200. The summed E-state index contributed by atoms with van der Waals surface area (Å²) in [5.74, 6) is -0.739. The zero-order chi connectivity index (χ0) is 25.8. The number of carbonyl (C=O) groups is 2. The van der Waals surface area contributed by atoms with Crippen molar-refractivity contribution in [1.82, 2.24) is 19.1 Å². The van der Waals surface area contributed by atoms with Crippen molar-refractivity contribution in [3.05, 3.63) is 81.0 Å². The summed E-state index contributed by atoms with van der Waals surface area (Å²) in [4.78, 5) is 59.6. The minimum Gasteiger partial charge on any atom is -0.462 e. The van der Waals surface area contributed by atoms with Crippen LogP contribution >= 0.6 is 11.8 Å². The first-order chi connectivity index (χ1) is 17.3. The highest BCUT2D eigenvalue weighted by molar-refractivity contribution is 8.00. The van der Waals surface area contributed by atoms with E-state index < -0.39 is 23.1 Å². The van der Waals surface area contributed by atoms with Gasteiger partial charge in [0.1, 0.15) is 10.4 Å². The third-order valence-corrected chi connectivity index (χ3v) is 6.31. The van der Waals surface area contributed by atoms with E-state index in [-0.39, 0.29) is 34.0 Å². The van der Waals surface area contributed by atoms with Crippen LogP contribution in [0.3, 0.4) is 0 Å². The topological polar surface area (TPSA) is 125 Å². The second-order valence-corrected chi connectivity index (χ2v) is 8.69. The predicted octanol–water partition coefficient (Wildman–Crippen LogP) is 2.60. The highest BCUT2D eigenvalue weighted by atomic mass is 32.2. The first kappa shape index (κ1) is 24.9. The number of nitrogens with zero attached hydrogens (tertiary/aromatic N) is 4. The Labute approximate surface area is 210 Å². The second kappa shape index (κ2) is 10.6. The van der Waals surface area contributed by atoms with E-state index in [0.717, 1.165) is 16.3 Å². The quantitative estimate of drug-likeness (QED) is 0.231. The maximum Gasteiger partial charge on any atom is 0.340 e. The first-order valence-corrected chi connectivity index (χ1v) is 12.0. The molecule has 1 N–H and O–H groups in total. The summed E-state index contributed by atoms with van der Waals surface area (Å²) in [5, 5.41) is 3.13. The molecule has 1 amide bonds. The van der Waals surface area contributed by atoms with E-state index in [1.54, 1.807) is 31.2 Å². The number of nitrogens with one attached hydrogen (secondary N) is 1. The Kier molecular flexibility index (Phi) is 7.30. The molecule has 0 saturated heterocycles. The molecule has 0 aliphatic carbocycles. The van der Waals surface area contributed by atoms with Gasteiger partial charge in [0.2, 0.25) is 5.91 Å². The van der Waals surface area contributed by atoms with Gasteiger partial charge in [-0.3, -0.25) is 18.7 Å². The van der Waals surface area contributed by atoms with Gasteiger partial charge in [0, 0.05) is 19.7 Å². The maximum absolute atomic E-state index is 13.0. The van der Waals surface area contributed by atoms with Gasteiger partial charge < -0.3 is 10.1 Å². The van der Waals surface area contributed by atoms with Crippen LogP contribution in [-0.4, -0.2) is 43.3 Å². The summed E-state index contributed by atoms with van der Waals surface area (Å²) >= 11 is 1.04. The molecule has 4 rings (SSSR count). The van der Waals surface area contributed by atoms with E-state index in [9.17, 15) is 19.2 Å². The Bertz CT molecular complexity index is 1580. The number of anilines is 1. The summed E-state index contributed by atoms with van der Waals surface area (Å²) in [6.45, 7) is 1.91. The lowest BCUT2D eigenvalue weighted by Gasteiger charge is -2.13. The van der Waals surface area contributed by atoms with Crippen LogP contribution in [0.5, 0.6) is 0 Å². The summed E-state index contributed by atoms with van der Waals surface area (Å²) in [6.07, 6.45) is 0. The number of esters is 1. The molecule has 10 nitrogen and oxygen atoms in total. The molecule has 0 saturated carbocycles. The highest BCUT2D eigenvalue weighted by Gasteiger charge is 2.20. The number of rotatable bonds is 7. The summed E-state index contributed by atoms with van der Waals surface area (Å²) in [6, 6.07) is 15.7. The normalized spacial score (nSPS) is 10.9. The van der Waals surface area contributed by atoms with Gasteiger partial charge in [0.15, 0.2) is 11.5 Å². The number of aryl methyl sites for hydroxylation is 1. The Balaban J connectivity index is 1.70. The molecule has 0 spiro atoms. The van der Waals surface area contributed by atoms with Gasteiger partial charge in [0.25, 0.3) is 5.56 Å². The van der Waals surface area contributed by atoms with Crippen molar-refractivity contribution in [2.75, 3.05) is 17.7 Å². The Morgan fingerprint density at radius 1 is 0.972 bits per heavy atom. The zero-order valence-corrected chi connectivity index (χ0v) is 20.7. The smallest absolute Gasteiger partial charge is 0.340 e. The number of carbonyl (C=O) groups excluding carboxylic acids is 2. The van der Waals surface area contributed by atoms with Crippen LogP contribution in [0.15, 0.2) is 69.2 Å². The summed E-state index contributed by atoms with van der Waals surface area (Å²) < 4.78 is 7.31. The van der Waals surface area contributed by atoms with Gasteiger partial charge in [-0.1, -0.05) is 54.2 Å². The first-order valence-electron chi connectivity index (χ1n) is 11.0. The molecule has 11 heteroatoms. The highest BCUT2D eigenvalue weighted by Crippen LogP contribution is 2.26. The van der Waals surface area contributed by atoms with Crippen molar-refractivity contribution in [2.24, 2.45) is 14.1 Å².